The molecule has 1 amide bonds. The van der Waals surface area contributed by atoms with Crippen LogP contribution >= 0.6 is 34.8 Å². The molecule has 6 heteroatoms. The van der Waals surface area contributed by atoms with Gasteiger partial charge in [-0.05, 0) is 24.6 Å². The van der Waals surface area contributed by atoms with Gasteiger partial charge in [-0.15, -0.1) is 0 Å². The molecule has 1 rings (SSSR count). The molecule has 88 valence electrons. The molecule has 0 radical (unpaired) electrons. The molecule has 0 aromatic heterocycles. The number of carbonyl (C=O) groups excluding carboxylic acids is 1. The van der Waals surface area contributed by atoms with Crippen LogP contribution in [0.1, 0.15) is 5.56 Å². The van der Waals surface area contributed by atoms with E-state index in [0.717, 1.165) is 11.3 Å². The lowest BCUT2D eigenvalue weighted by atomic mass is 10.2. The Morgan fingerprint density at radius 2 is 2.06 bits per heavy atom. The monoisotopic (exact) mass is 280 g/mol. The van der Waals surface area contributed by atoms with Crippen molar-refractivity contribution in [3.8, 4) is 0 Å². The molecule has 0 spiro atoms. The minimum Gasteiger partial charge on any atom is -0.362 e. The van der Waals surface area contributed by atoms with E-state index in [1.165, 1.54) is 0 Å². The fourth-order valence-electron chi connectivity index (χ4n) is 1.19. The third-order valence-corrected chi connectivity index (χ3v) is 2.55. The number of halogens is 3. The van der Waals surface area contributed by atoms with Crippen molar-refractivity contribution in [2.24, 2.45) is 0 Å². The average Bonchev–Trinajstić information content (AvgIpc) is 2.16. The van der Waals surface area contributed by atoms with Crippen molar-refractivity contribution in [1.82, 2.24) is 5.32 Å². The molecule has 0 fully saturated rings. The van der Waals surface area contributed by atoms with Gasteiger partial charge >= 0.3 is 0 Å². The highest BCUT2D eigenvalue weighted by Gasteiger charge is 2.32. The molecule has 1 atom stereocenters. The fourth-order valence-corrected chi connectivity index (χ4v) is 1.54. The second-order valence-corrected chi connectivity index (χ2v) is 5.64. The maximum Gasteiger partial charge on any atom is 0.228 e. The zero-order valence-electron chi connectivity index (χ0n) is 8.51. The van der Waals surface area contributed by atoms with Crippen LogP contribution in [0.4, 0.5) is 5.69 Å². The van der Waals surface area contributed by atoms with Crippen LogP contribution < -0.4 is 10.6 Å². The molecule has 2 N–H and O–H groups in total. The molecule has 1 unspecified atom stereocenters. The zero-order valence-corrected chi connectivity index (χ0v) is 10.8. The summed E-state index contributed by atoms with van der Waals surface area (Å²) in [6.07, 6.45) is -0.299. The van der Waals surface area contributed by atoms with Gasteiger partial charge in [0, 0.05) is 5.69 Å². The van der Waals surface area contributed by atoms with E-state index < -0.39 is 9.96 Å². The summed E-state index contributed by atoms with van der Waals surface area (Å²) in [5, 5.41) is 5.33. The summed E-state index contributed by atoms with van der Waals surface area (Å²) < 4.78 is -1.62. The highest BCUT2D eigenvalue weighted by atomic mass is 35.6. The van der Waals surface area contributed by atoms with Crippen LogP contribution in [0.5, 0.6) is 0 Å². The van der Waals surface area contributed by atoms with Crippen molar-refractivity contribution in [3.63, 3.8) is 0 Å². The third kappa shape index (κ3) is 4.08. The minimum absolute atomic E-state index is 0.482. The molecule has 0 aliphatic carbocycles. The van der Waals surface area contributed by atoms with Crippen molar-refractivity contribution in [2.45, 2.75) is 16.9 Å². The van der Waals surface area contributed by atoms with E-state index in [1.807, 2.05) is 31.2 Å². The van der Waals surface area contributed by atoms with Crippen molar-refractivity contribution in [3.05, 3.63) is 29.8 Å². The average molecular weight is 282 g/mol. The van der Waals surface area contributed by atoms with Crippen LogP contribution in [0.15, 0.2) is 24.3 Å². The summed E-state index contributed by atoms with van der Waals surface area (Å²) >= 11 is 17.1. The molecule has 0 saturated carbocycles. The van der Waals surface area contributed by atoms with Gasteiger partial charge in [0.15, 0.2) is 0 Å². The number of rotatable bonds is 4. The first-order chi connectivity index (χ1) is 7.43. The molecule has 1 aromatic carbocycles. The van der Waals surface area contributed by atoms with Gasteiger partial charge in [-0.3, -0.25) is 4.79 Å². The number of hydrogen-bond acceptors (Lipinski definition) is 2. The van der Waals surface area contributed by atoms with Crippen LogP contribution in [-0.2, 0) is 4.79 Å². The largest absolute Gasteiger partial charge is 0.362 e. The summed E-state index contributed by atoms with van der Waals surface area (Å²) in [7, 11) is 0. The smallest absolute Gasteiger partial charge is 0.228 e. The van der Waals surface area contributed by atoms with E-state index in [-0.39, 0.29) is 0 Å². The van der Waals surface area contributed by atoms with Gasteiger partial charge in [0.25, 0.3) is 0 Å². The first-order valence-corrected chi connectivity index (χ1v) is 5.66. The van der Waals surface area contributed by atoms with E-state index in [9.17, 15) is 4.79 Å². The summed E-state index contributed by atoms with van der Waals surface area (Å²) in [4.78, 5) is 10.4. The van der Waals surface area contributed by atoms with Crippen LogP contribution in [0, 0.1) is 6.92 Å². The Balaban J connectivity index is 2.79. The summed E-state index contributed by atoms with van der Waals surface area (Å²) in [5.41, 5.74) is 1.84. The number of nitrogens with one attached hydrogen (secondary N) is 2. The molecule has 16 heavy (non-hydrogen) atoms. The number of carbonyl (C=O) groups is 1. The topological polar surface area (TPSA) is 41.1 Å². The van der Waals surface area contributed by atoms with E-state index in [0.29, 0.717) is 6.41 Å². The quantitative estimate of drug-likeness (QED) is 0.506. The molecule has 0 heterocycles. The SMILES string of the molecule is Cc1cccc(NC(NC=O)C(Cl)(Cl)Cl)c1. The van der Waals surface area contributed by atoms with Crippen LogP contribution in [0.3, 0.4) is 0 Å². The minimum atomic E-state index is -1.62. The Morgan fingerprint density at radius 3 is 2.56 bits per heavy atom. The standard InChI is InChI=1S/C10H11Cl3N2O/c1-7-3-2-4-8(5-7)15-9(14-6-16)10(11,12)13/h2-6,9,15H,1H3,(H,14,16). The van der Waals surface area contributed by atoms with E-state index in [4.69, 9.17) is 34.8 Å². The van der Waals surface area contributed by atoms with Crippen molar-refractivity contribution < 1.29 is 4.79 Å². The molecule has 0 saturated heterocycles. The molecule has 1 aromatic rings. The molecule has 0 aliphatic rings. The van der Waals surface area contributed by atoms with Crippen LogP contribution in [0.25, 0.3) is 0 Å². The lowest BCUT2D eigenvalue weighted by Gasteiger charge is -2.25. The third-order valence-electron chi connectivity index (χ3n) is 1.89. The van der Waals surface area contributed by atoms with Gasteiger partial charge in [0.2, 0.25) is 10.2 Å². The van der Waals surface area contributed by atoms with Crippen molar-refractivity contribution in [1.29, 1.82) is 0 Å². The first-order valence-electron chi connectivity index (χ1n) is 4.53. The van der Waals surface area contributed by atoms with E-state index in [2.05, 4.69) is 10.6 Å². The zero-order chi connectivity index (χ0) is 12.2. The van der Waals surface area contributed by atoms with Gasteiger partial charge in [-0.25, -0.2) is 0 Å². The molecule has 0 bridgehead atoms. The van der Waals surface area contributed by atoms with Crippen molar-refractivity contribution in [2.75, 3.05) is 5.32 Å². The predicted octanol–water partition coefficient (Wildman–Crippen LogP) is 2.85. The fraction of sp³-hybridized carbons (Fsp3) is 0.300. The second kappa shape index (κ2) is 5.62. The first kappa shape index (κ1) is 13.4. The molecular weight excluding hydrogens is 270 g/mol. The van der Waals surface area contributed by atoms with E-state index >= 15 is 0 Å². The van der Waals surface area contributed by atoms with Gasteiger partial charge in [0.05, 0.1) is 0 Å². The van der Waals surface area contributed by atoms with Gasteiger partial charge < -0.3 is 10.6 Å². The summed E-state index contributed by atoms with van der Waals surface area (Å²) in [6, 6.07) is 7.52. The lowest BCUT2D eigenvalue weighted by Crippen LogP contribution is -2.45. The number of alkyl halides is 3. The normalized spacial score (nSPS) is 13.0. The van der Waals surface area contributed by atoms with Gasteiger partial charge in [-0.2, -0.15) is 0 Å². The Bertz CT molecular complexity index is 365. The number of anilines is 1. The maximum absolute atomic E-state index is 10.4. The predicted molar refractivity (Wildman–Crippen MR) is 68.1 cm³/mol. The van der Waals surface area contributed by atoms with Crippen LogP contribution in [0.2, 0.25) is 0 Å². The molecule has 0 aliphatic heterocycles. The second-order valence-electron chi connectivity index (χ2n) is 3.27. The Morgan fingerprint density at radius 1 is 1.38 bits per heavy atom. The summed E-state index contributed by atoms with van der Waals surface area (Å²) in [5.74, 6) is 0. The maximum atomic E-state index is 10.4. The summed E-state index contributed by atoms with van der Waals surface area (Å²) in [6.45, 7) is 1.95. The van der Waals surface area contributed by atoms with Gasteiger partial charge in [-0.1, -0.05) is 46.9 Å². The molecular formula is C10H11Cl3N2O. The number of benzene rings is 1. The number of aryl methyl sites for hydroxylation is 1. The lowest BCUT2D eigenvalue weighted by molar-refractivity contribution is -0.110. The highest BCUT2D eigenvalue weighted by Crippen LogP contribution is 2.30. The Hall–Kier alpha value is -0.640. The number of hydrogen-bond donors (Lipinski definition) is 2. The van der Waals surface area contributed by atoms with Crippen molar-refractivity contribution >= 4 is 46.9 Å². The highest BCUT2D eigenvalue weighted by molar-refractivity contribution is 6.68. The van der Waals surface area contributed by atoms with E-state index in [1.54, 1.807) is 0 Å². The Kier molecular flexibility index (Phi) is 4.71. The molecule has 3 nitrogen and oxygen atoms in total. The number of amides is 1. The Labute approximate surface area is 109 Å². The van der Waals surface area contributed by atoms with Crippen LogP contribution in [-0.4, -0.2) is 16.4 Å². The van der Waals surface area contributed by atoms with Gasteiger partial charge in [0.1, 0.15) is 6.17 Å².